The number of esters is 2. The molecule has 0 spiro atoms. The molecular weight excluding hydrogens is 1040 g/mol. The SMILES string of the molecule is CC(=O)c1ccccc1.CCOC(=O)C(=O)/C=C(\[O-])c1ccccc1.CCOC(=O)c1cc(-c2ccccc2)n(CCCCCCl)n1.O=C(NC12CC3CC(CC(C3)C1)C2)c1cc(-c2ccccc2)n(CCCCCCl)n1.[Na+]. The molecule has 2 aromatic heterocycles. The van der Waals surface area contributed by atoms with Gasteiger partial charge >= 0.3 is 41.5 Å². The van der Waals surface area contributed by atoms with E-state index in [0.29, 0.717) is 35.3 Å². The molecule has 0 atom stereocenters. The Labute approximate surface area is 491 Å². The van der Waals surface area contributed by atoms with Gasteiger partial charge in [0.2, 0.25) is 0 Å². The van der Waals surface area contributed by atoms with Crippen molar-refractivity contribution in [3.05, 3.63) is 162 Å². The van der Waals surface area contributed by atoms with Crippen molar-refractivity contribution in [1.82, 2.24) is 24.9 Å². The molecule has 0 saturated heterocycles. The standard InChI is InChI=1S/C25H32ClN3O.C17H21ClN2O2.C12H12O4.C8H8O.Na/c26-9-5-2-6-10-29-23(21-7-3-1-4-8-21)14-22(28-29)24(30)27-25-15-18-11-19(16-25)13-20(12-18)17-25;1-2-22-17(21)15-13-16(14-9-5-3-6-10-14)20(19-15)12-8-4-7-11-18;1-2-16-12(15)11(14)8-10(13)9-6-4-3-5-7-9;1-7(9)8-5-3-2-4-6-8;/h1,3-4,7-8,14,18-20H,2,5-6,9-13,15-17H2,(H,27,30);3,5-6,9-10,13H,2,4,7-8,11-12H2,1H3;3-8,13H,2H2,1H3;2-6H,1H3;/q;;;;+1/p-1/b;;10-8-;;. The first-order chi connectivity index (χ1) is 37.3. The molecule has 4 bridgehead atoms. The molecule has 0 unspecified atom stereocenters. The number of Topliss-reactive ketones (excluding diaryl/α,β-unsaturated/α-hetero) is 1. The van der Waals surface area contributed by atoms with E-state index in [0.717, 1.165) is 123 Å². The Balaban J connectivity index is 0.000000206. The van der Waals surface area contributed by atoms with Gasteiger partial charge in [-0.2, -0.15) is 10.2 Å². The van der Waals surface area contributed by atoms with Gasteiger partial charge < -0.3 is 19.9 Å². The fraction of sp³-hybridized carbons (Fsp3) is 0.403. The van der Waals surface area contributed by atoms with Gasteiger partial charge in [-0.25, -0.2) is 9.59 Å². The number of hydrogen-bond donors (Lipinski definition) is 1. The summed E-state index contributed by atoms with van der Waals surface area (Å²) in [7, 11) is 0. The third-order valence-electron chi connectivity index (χ3n) is 13.8. The van der Waals surface area contributed by atoms with E-state index in [-0.39, 0.29) is 59.4 Å². The number of carbonyl (C=O) groups is 5. The number of ketones is 2. The van der Waals surface area contributed by atoms with Crippen molar-refractivity contribution in [2.45, 2.75) is 116 Å². The first kappa shape index (κ1) is 63.0. The summed E-state index contributed by atoms with van der Waals surface area (Å²) in [5.41, 5.74) is 6.19. The van der Waals surface area contributed by atoms with Crippen molar-refractivity contribution in [2.24, 2.45) is 17.8 Å². The number of halogens is 2. The molecule has 408 valence electrons. The molecule has 0 radical (unpaired) electrons. The molecule has 4 aliphatic rings. The van der Waals surface area contributed by atoms with Gasteiger partial charge in [-0.05, 0) is 138 Å². The van der Waals surface area contributed by atoms with Crippen LogP contribution in [0.4, 0.5) is 0 Å². The molecular formula is C62H72Cl2N5NaO8. The minimum Gasteiger partial charge on any atom is -0.872 e. The van der Waals surface area contributed by atoms with Crippen LogP contribution < -0.4 is 40.0 Å². The van der Waals surface area contributed by atoms with Crippen molar-refractivity contribution in [2.75, 3.05) is 25.0 Å². The zero-order valence-corrected chi connectivity index (χ0v) is 49.1. The molecule has 6 aromatic rings. The average molecular weight is 1110 g/mol. The Hall–Kier alpha value is -5.83. The third kappa shape index (κ3) is 19.2. The molecule has 1 amide bonds. The van der Waals surface area contributed by atoms with E-state index in [4.69, 9.17) is 33.0 Å². The number of aromatic nitrogens is 4. The van der Waals surface area contributed by atoms with Crippen LogP contribution in [0, 0.1) is 17.8 Å². The van der Waals surface area contributed by atoms with Gasteiger partial charge in [-0.3, -0.25) is 23.7 Å². The number of hydrogen-bond acceptors (Lipinski definition) is 10. The van der Waals surface area contributed by atoms with Crippen LogP contribution in [-0.4, -0.2) is 79.5 Å². The molecule has 10 rings (SSSR count). The molecule has 4 fully saturated rings. The quantitative estimate of drug-likeness (QED) is 0.0107. The molecule has 4 saturated carbocycles. The summed E-state index contributed by atoms with van der Waals surface area (Å²) in [5, 5.41) is 24.1. The van der Waals surface area contributed by atoms with Gasteiger partial charge in [0.15, 0.2) is 17.2 Å². The third-order valence-corrected chi connectivity index (χ3v) is 14.4. The normalized spacial score (nSPS) is 17.6. The van der Waals surface area contributed by atoms with Gasteiger partial charge in [0.25, 0.3) is 11.7 Å². The van der Waals surface area contributed by atoms with Crippen LogP contribution in [0.25, 0.3) is 28.3 Å². The van der Waals surface area contributed by atoms with Crippen molar-refractivity contribution >= 4 is 58.4 Å². The zero-order chi connectivity index (χ0) is 55.0. The van der Waals surface area contributed by atoms with E-state index in [1.165, 1.54) is 19.3 Å². The first-order valence-electron chi connectivity index (χ1n) is 26.9. The van der Waals surface area contributed by atoms with E-state index in [1.54, 1.807) is 57.2 Å². The minimum absolute atomic E-state index is 0. The van der Waals surface area contributed by atoms with E-state index in [1.807, 2.05) is 94.3 Å². The summed E-state index contributed by atoms with van der Waals surface area (Å²) >= 11 is 11.5. The maximum atomic E-state index is 13.3. The topological polar surface area (TPSA) is 175 Å². The van der Waals surface area contributed by atoms with Crippen LogP contribution in [0.15, 0.2) is 140 Å². The Morgan fingerprint density at radius 1 is 0.615 bits per heavy atom. The maximum Gasteiger partial charge on any atom is 1.00 e. The summed E-state index contributed by atoms with van der Waals surface area (Å²) < 4.78 is 13.4. The molecule has 1 N–H and O–H groups in total. The first-order valence-corrected chi connectivity index (χ1v) is 28.0. The fourth-order valence-electron chi connectivity index (χ4n) is 10.6. The molecule has 78 heavy (non-hydrogen) atoms. The second-order valence-corrected chi connectivity index (χ2v) is 20.5. The van der Waals surface area contributed by atoms with Gasteiger partial charge in [-0.1, -0.05) is 140 Å². The predicted molar refractivity (Wildman–Crippen MR) is 301 cm³/mol. The smallest absolute Gasteiger partial charge is 0.872 e. The maximum absolute atomic E-state index is 13.3. The van der Waals surface area contributed by atoms with Crippen LogP contribution in [0.5, 0.6) is 0 Å². The van der Waals surface area contributed by atoms with Crippen LogP contribution in [0.3, 0.4) is 0 Å². The van der Waals surface area contributed by atoms with Crippen LogP contribution >= 0.6 is 23.2 Å². The summed E-state index contributed by atoms with van der Waals surface area (Å²) in [6, 6.07) is 41.5. The number of alkyl halides is 2. The van der Waals surface area contributed by atoms with Crippen molar-refractivity contribution < 1.29 is 68.1 Å². The van der Waals surface area contributed by atoms with E-state index >= 15 is 0 Å². The molecule has 4 aromatic carbocycles. The van der Waals surface area contributed by atoms with E-state index < -0.39 is 17.5 Å². The monoisotopic (exact) mass is 1110 g/mol. The molecule has 4 aliphatic carbocycles. The zero-order valence-electron chi connectivity index (χ0n) is 45.5. The van der Waals surface area contributed by atoms with Crippen LogP contribution in [-0.2, 0) is 32.2 Å². The van der Waals surface area contributed by atoms with E-state index in [2.05, 4.69) is 27.3 Å². The number of rotatable bonds is 21. The minimum atomic E-state index is -1.01. The van der Waals surface area contributed by atoms with Crippen molar-refractivity contribution in [3.63, 3.8) is 0 Å². The van der Waals surface area contributed by atoms with Crippen LogP contribution in [0.2, 0.25) is 0 Å². The number of carbonyl (C=O) groups excluding carboxylic acids is 5. The number of unbranched alkanes of at least 4 members (excludes halogenated alkanes) is 4. The second kappa shape index (κ2) is 32.9. The number of ether oxygens (including phenoxy) is 2. The Bertz CT molecular complexity index is 2810. The number of nitrogens with one attached hydrogen (secondary N) is 1. The summed E-state index contributed by atoms with van der Waals surface area (Å²) in [6.45, 7) is 6.98. The number of benzene rings is 4. The summed E-state index contributed by atoms with van der Waals surface area (Å²) in [5.74, 6) is 1.13. The van der Waals surface area contributed by atoms with E-state index in [9.17, 15) is 29.1 Å². The Morgan fingerprint density at radius 3 is 1.46 bits per heavy atom. The molecule has 2 heterocycles. The molecule has 13 nitrogen and oxygen atoms in total. The number of nitrogens with zero attached hydrogens (tertiary/aromatic N) is 4. The van der Waals surface area contributed by atoms with Gasteiger partial charge in [0.05, 0.1) is 24.6 Å². The van der Waals surface area contributed by atoms with Gasteiger partial charge in [0.1, 0.15) is 0 Å². The molecule has 0 aliphatic heterocycles. The largest absolute Gasteiger partial charge is 1.00 e. The van der Waals surface area contributed by atoms with Crippen molar-refractivity contribution in [3.8, 4) is 22.5 Å². The van der Waals surface area contributed by atoms with Gasteiger partial charge in [0, 0.05) is 36.0 Å². The van der Waals surface area contributed by atoms with Gasteiger partial charge in [-0.15, -0.1) is 23.2 Å². The van der Waals surface area contributed by atoms with Crippen molar-refractivity contribution in [1.29, 1.82) is 0 Å². The number of aryl methyl sites for hydroxylation is 2. The average Bonchev–Trinajstić information content (AvgIpc) is 4.15. The summed E-state index contributed by atoms with van der Waals surface area (Å²) in [4.78, 5) is 58.0. The Kier molecular flexibility index (Phi) is 26.6. The number of amides is 1. The predicted octanol–water partition coefficient (Wildman–Crippen LogP) is 9.21. The molecule has 16 heteroatoms. The second-order valence-electron chi connectivity index (χ2n) is 19.8. The fourth-order valence-corrected chi connectivity index (χ4v) is 11.0. The Morgan fingerprint density at radius 2 is 1.04 bits per heavy atom. The van der Waals surface area contributed by atoms with Crippen LogP contribution in [0.1, 0.15) is 135 Å². The summed E-state index contributed by atoms with van der Waals surface area (Å²) in [6.07, 6.45) is 14.5.